The number of amides is 2. The fraction of sp³-hybridized carbons (Fsp3) is 0.179. The highest BCUT2D eigenvalue weighted by molar-refractivity contribution is 7.22. The molecule has 2 heterocycles. The second-order valence-electron chi connectivity index (χ2n) is 9.10. The van der Waals surface area contributed by atoms with E-state index in [2.05, 4.69) is 91.9 Å². The second-order valence-corrected chi connectivity index (χ2v) is 10.1. The number of fused-ring (bicyclic) bond motifs is 2. The minimum Gasteiger partial charge on any atom is -0.342 e. The van der Waals surface area contributed by atoms with Crippen LogP contribution in [0.5, 0.6) is 0 Å². The van der Waals surface area contributed by atoms with E-state index in [0.717, 1.165) is 39.8 Å². The number of para-hydroxylation sites is 1. The van der Waals surface area contributed by atoms with Crippen LogP contribution in [0.25, 0.3) is 21.1 Å². The number of rotatable bonds is 7. The SMILES string of the molecule is Cc1ccc(Cn2cc(/C=N/NC(=O)Nc3nc4ccc(CN(C)C)cc4s3)c3ccccc32)cc1. The highest BCUT2D eigenvalue weighted by atomic mass is 32.1. The quantitative estimate of drug-likeness (QED) is 0.220. The van der Waals surface area contributed by atoms with Crippen LogP contribution < -0.4 is 10.7 Å². The minimum absolute atomic E-state index is 0.429. The average Bonchev–Trinajstić information content (AvgIpc) is 3.40. The van der Waals surface area contributed by atoms with Crippen molar-refractivity contribution in [3.8, 4) is 0 Å². The van der Waals surface area contributed by atoms with Gasteiger partial charge in [0.25, 0.3) is 0 Å². The molecule has 5 aromatic rings. The van der Waals surface area contributed by atoms with E-state index in [1.807, 2.05) is 32.3 Å². The third kappa shape index (κ3) is 5.45. The molecule has 0 atom stereocenters. The largest absolute Gasteiger partial charge is 0.342 e. The first kappa shape index (κ1) is 23.7. The van der Waals surface area contributed by atoms with Gasteiger partial charge in [0.1, 0.15) is 0 Å². The van der Waals surface area contributed by atoms with Crippen LogP contribution in [0, 0.1) is 6.92 Å². The Morgan fingerprint density at radius 2 is 1.86 bits per heavy atom. The first-order valence-electron chi connectivity index (χ1n) is 11.7. The average molecular weight is 497 g/mol. The Balaban J connectivity index is 1.27. The van der Waals surface area contributed by atoms with Gasteiger partial charge in [-0.2, -0.15) is 5.10 Å². The monoisotopic (exact) mass is 496 g/mol. The lowest BCUT2D eigenvalue weighted by Crippen LogP contribution is -2.24. The molecular weight excluding hydrogens is 468 g/mol. The van der Waals surface area contributed by atoms with Gasteiger partial charge in [-0.25, -0.2) is 15.2 Å². The first-order valence-corrected chi connectivity index (χ1v) is 12.5. The van der Waals surface area contributed by atoms with E-state index in [4.69, 9.17) is 0 Å². The summed E-state index contributed by atoms with van der Waals surface area (Å²) in [6.45, 7) is 3.70. The van der Waals surface area contributed by atoms with Crippen LogP contribution in [0.2, 0.25) is 0 Å². The van der Waals surface area contributed by atoms with Gasteiger partial charge in [-0.05, 0) is 50.3 Å². The van der Waals surface area contributed by atoms with Gasteiger partial charge in [-0.15, -0.1) is 0 Å². The van der Waals surface area contributed by atoms with Crippen molar-refractivity contribution in [1.82, 2.24) is 19.9 Å². The van der Waals surface area contributed by atoms with Crippen LogP contribution in [0.4, 0.5) is 9.93 Å². The molecule has 0 unspecified atom stereocenters. The Bertz CT molecular complexity index is 1550. The fourth-order valence-corrected chi connectivity index (χ4v) is 5.10. The smallest absolute Gasteiger partial charge is 0.341 e. The number of aryl methyl sites for hydroxylation is 1. The van der Waals surface area contributed by atoms with E-state index < -0.39 is 6.03 Å². The van der Waals surface area contributed by atoms with Gasteiger partial charge >= 0.3 is 6.03 Å². The topological polar surface area (TPSA) is 74.5 Å². The van der Waals surface area contributed by atoms with Crippen molar-refractivity contribution in [3.63, 3.8) is 0 Å². The Morgan fingerprint density at radius 1 is 1.08 bits per heavy atom. The van der Waals surface area contributed by atoms with Gasteiger partial charge in [0.05, 0.1) is 16.4 Å². The molecule has 8 heteroatoms. The standard InChI is InChI=1S/C28H28N6OS/c1-19-8-10-20(11-9-19)17-34-18-22(23-6-4-5-7-25(23)34)15-29-32-27(35)31-28-30-24-13-12-21(16-33(2)3)14-26(24)36-28/h4-15,18H,16-17H2,1-3H3,(H2,30,31,32,35)/b29-15+. The minimum atomic E-state index is -0.429. The van der Waals surface area contributed by atoms with Gasteiger partial charge < -0.3 is 9.47 Å². The molecule has 0 spiro atoms. The molecule has 0 bridgehead atoms. The van der Waals surface area contributed by atoms with Gasteiger partial charge in [0.15, 0.2) is 5.13 Å². The van der Waals surface area contributed by atoms with E-state index in [9.17, 15) is 4.79 Å². The molecule has 0 aliphatic carbocycles. The summed E-state index contributed by atoms with van der Waals surface area (Å²) in [5.74, 6) is 0. The number of urea groups is 1. The molecule has 2 aromatic heterocycles. The van der Waals surface area contributed by atoms with Crippen molar-refractivity contribution in [2.45, 2.75) is 20.0 Å². The summed E-state index contributed by atoms with van der Waals surface area (Å²) in [7, 11) is 4.08. The Labute approximate surface area is 214 Å². The number of carbonyl (C=O) groups excluding carboxylic acids is 1. The summed E-state index contributed by atoms with van der Waals surface area (Å²) in [5.41, 5.74) is 9.16. The van der Waals surface area contributed by atoms with Crippen molar-refractivity contribution in [2.24, 2.45) is 5.10 Å². The van der Waals surface area contributed by atoms with Gasteiger partial charge in [-0.3, -0.25) is 5.32 Å². The molecule has 0 fully saturated rings. The fourth-order valence-electron chi connectivity index (χ4n) is 4.17. The van der Waals surface area contributed by atoms with Crippen LogP contribution in [0.3, 0.4) is 0 Å². The number of hydrogen-bond acceptors (Lipinski definition) is 5. The van der Waals surface area contributed by atoms with E-state index in [0.29, 0.717) is 5.13 Å². The van der Waals surface area contributed by atoms with Gasteiger partial charge in [-0.1, -0.05) is 65.4 Å². The molecule has 36 heavy (non-hydrogen) atoms. The lowest BCUT2D eigenvalue weighted by Gasteiger charge is -2.08. The van der Waals surface area contributed by atoms with E-state index in [1.165, 1.54) is 28.0 Å². The highest BCUT2D eigenvalue weighted by Gasteiger charge is 2.10. The van der Waals surface area contributed by atoms with Crippen molar-refractivity contribution in [1.29, 1.82) is 0 Å². The Kier molecular flexibility index (Phi) is 6.79. The van der Waals surface area contributed by atoms with E-state index in [-0.39, 0.29) is 0 Å². The van der Waals surface area contributed by atoms with Gasteiger partial charge in [0, 0.05) is 35.8 Å². The van der Waals surface area contributed by atoms with Crippen LogP contribution in [0.15, 0.2) is 78.0 Å². The van der Waals surface area contributed by atoms with Gasteiger partial charge in [0.2, 0.25) is 0 Å². The predicted octanol–water partition coefficient (Wildman–Crippen LogP) is 5.82. The first-order chi connectivity index (χ1) is 17.4. The predicted molar refractivity (Wildman–Crippen MR) is 149 cm³/mol. The Morgan fingerprint density at radius 3 is 2.67 bits per heavy atom. The van der Waals surface area contributed by atoms with Crippen LogP contribution in [-0.4, -0.2) is 40.8 Å². The number of hydrazone groups is 1. The molecule has 7 nitrogen and oxygen atoms in total. The molecule has 0 saturated carbocycles. The molecule has 2 N–H and O–H groups in total. The molecule has 0 aliphatic heterocycles. The number of aromatic nitrogens is 2. The van der Waals surface area contributed by atoms with Crippen molar-refractivity contribution < 1.29 is 4.79 Å². The van der Waals surface area contributed by atoms with E-state index >= 15 is 0 Å². The normalized spacial score (nSPS) is 11.7. The summed E-state index contributed by atoms with van der Waals surface area (Å²) < 4.78 is 3.24. The maximum atomic E-state index is 12.4. The molecule has 0 radical (unpaired) electrons. The Hall–Kier alpha value is -4.01. The number of benzene rings is 3. The van der Waals surface area contributed by atoms with Crippen molar-refractivity contribution >= 4 is 49.8 Å². The zero-order valence-electron chi connectivity index (χ0n) is 20.5. The second kappa shape index (κ2) is 10.3. The molecule has 182 valence electrons. The van der Waals surface area contributed by atoms with Crippen molar-refractivity contribution in [2.75, 3.05) is 19.4 Å². The number of thiazole rings is 1. The summed E-state index contributed by atoms with van der Waals surface area (Å²) >= 11 is 1.45. The van der Waals surface area contributed by atoms with Crippen molar-refractivity contribution in [3.05, 3.63) is 95.2 Å². The maximum Gasteiger partial charge on any atom is 0.341 e. The lowest BCUT2D eigenvalue weighted by atomic mass is 10.1. The number of anilines is 1. The number of nitrogens with one attached hydrogen (secondary N) is 2. The maximum absolute atomic E-state index is 12.4. The molecule has 3 aromatic carbocycles. The molecule has 2 amide bonds. The zero-order valence-corrected chi connectivity index (χ0v) is 21.3. The third-order valence-corrected chi connectivity index (χ3v) is 6.77. The molecule has 0 saturated heterocycles. The molecular formula is C28H28N6OS. The zero-order chi connectivity index (χ0) is 25.1. The summed E-state index contributed by atoms with van der Waals surface area (Å²) in [6, 6.07) is 22.5. The molecule has 0 aliphatic rings. The summed E-state index contributed by atoms with van der Waals surface area (Å²) in [6.07, 6.45) is 3.74. The number of hydrogen-bond donors (Lipinski definition) is 2. The van der Waals surface area contributed by atoms with Crippen LogP contribution >= 0.6 is 11.3 Å². The highest BCUT2D eigenvalue weighted by Crippen LogP contribution is 2.27. The van der Waals surface area contributed by atoms with Crippen LogP contribution in [-0.2, 0) is 13.1 Å². The number of carbonyl (C=O) groups is 1. The van der Waals surface area contributed by atoms with Crippen LogP contribution in [0.1, 0.15) is 22.3 Å². The summed E-state index contributed by atoms with van der Waals surface area (Å²) in [4.78, 5) is 19.1. The third-order valence-electron chi connectivity index (χ3n) is 5.83. The lowest BCUT2D eigenvalue weighted by molar-refractivity contribution is 0.252. The summed E-state index contributed by atoms with van der Waals surface area (Å²) in [5, 5.41) is 8.59. The molecule has 5 rings (SSSR count). The van der Waals surface area contributed by atoms with E-state index in [1.54, 1.807) is 6.21 Å². The number of nitrogens with zero attached hydrogens (tertiary/aromatic N) is 4.